The minimum Gasteiger partial charge on any atom is -0.305 e. The van der Waals surface area contributed by atoms with Gasteiger partial charge in [0.15, 0.2) is 0 Å². The number of halogens is 2. The first kappa shape index (κ1) is 13.7. The van der Waals surface area contributed by atoms with Crippen LogP contribution in [0.5, 0.6) is 0 Å². The van der Waals surface area contributed by atoms with Gasteiger partial charge in [-0.15, -0.1) is 11.3 Å². The van der Waals surface area contributed by atoms with Crippen LogP contribution < -0.4 is 5.32 Å². The van der Waals surface area contributed by atoms with Gasteiger partial charge in [0.1, 0.15) is 5.82 Å². The summed E-state index contributed by atoms with van der Waals surface area (Å²) in [4.78, 5) is 1.34. The van der Waals surface area contributed by atoms with E-state index in [0.717, 1.165) is 23.0 Å². The van der Waals surface area contributed by atoms with Crippen molar-refractivity contribution in [3.63, 3.8) is 0 Å². The van der Waals surface area contributed by atoms with Gasteiger partial charge in [-0.1, -0.05) is 35.0 Å². The molecule has 0 saturated heterocycles. The highest BCUT2D eigenvalue weighted by Gasteiger charge is 2.10. The van der Waals surface area contributed by atoms with Crippen LogP contribution in [0.25, 0.3) is 0 Å². The highest BCUT2D eigenvalue weighted by Crippen LogP contribution is 2.23. The van der Waals surface area contributed by atoms with Gasteiger partial charge < -0.3 is 5.32 Å². The first-order valence-electron chi connectivity index (χ1n) is 5.91. The molecule has 0 amide bonds. The molecule has 4 heteroatoms. The fourth-order valence-corrected chi connectivity index (χ4v) is 3.21. The molecular weight excluding hydrogens is 313 g/mol. The fraction of sp³-hybridized carbons (Fsp3) is 0.286. The maximum Gasteiger partial charge on any atom is 0.124 e. The van der Waals surface area contributed by atoms with E-state index >= 15 is 0 Å². The van der Waals surface area contributed by atoms with E-state index in [1.165, 1.54) is 17.0 Å². The molecule has 0 saturated carbocycles. The molecule has 2 aromatic rings. The molecule has 1 nitrogen and oxygen atoms in total. The molecule has 0 aliphatic heterocycles. The molecule has 18 heavy (non-hydrogen) atoms. The second-order valence-electron chi connectivity index (χ2n) is 4.09. The van der Waals surface area contributed by atoms with Crippen LogP contribution in [0.3, 0.4) is 0 Å². The van der Waals surface area contributed by atoms with Crippen LogP contribution in [-0.4, -0.2) is 0 Å². The van der Waals surface area contributed by atoms with E-state index in [0.29, 0.717) is 6.04 Å². The van der Waals surface area contributed by atoms with Gasteiger partial charge in [0, 0.05) is 21.9 Å². The molecule has 1 aromatic heterocycles. The van der Waals surface area contributed by atoms with E-state index in [4.69, 9.17) is 0 Å². The predicted octanol–water partition coefficient (Wildman–Crippen LogP) is 4.89. The SMILES string of the molecule is CCC(NCc1ccc(F)cc1Br)c1cccs1. The van der Waals surface area contributed by atoms with Gasteiger partial charge in [-0.3, -0.25) is 0 Å². The van der Waals surface area contributed by atoms with Crippen LogP contribution in [0.4, 0.5) is 4.39 Å². The Labute approximate surface area is 119 Å². The Morgan fingerprint density at radius 2 is 2.22 bits per heavy atom. The largest absolute Gasteiger partial charge is 0.305 e. The second kappa shape index (κ2) is 6.45. The third-order valence-electron chi connectivity index (χ3n) is 2.85. The van der Waals surface area contributed by atoms with Crippen molar-refractivity contribution in [2.75, 3.05) is 0 Å². The summed E-state index contributed by atoms with van der Waals surface area (Å²) in [5.74, 6) is -0.212. The molecule has 1 atom stereocenters. The van der Waals surface area contributed by atoms with E-state index in [1.807, 2.05) is 6.07 Å². The normalized spacial score (nSPS) is 12.6. The van der Waals surface area contributed by atoms with Crippen molar-refractivity contribution in [2.24, 2.45) is 0 Å². The van der Waals surface area contributed by atoms with Crippen molar-refractivity contribution < 1.29 is 4.39 Å². The molecule has 0 spiro atoms. The summed E-state index contributed by atoms with van der Waals surface area (Å²) in [5.41, 5.74) is 1.08. The van der Waals surface area contributed by atoms with Gasteiger partial charge in [-0.05, 0) is 35.6 Å². The number of thiophene rings is 1. The number of benzene rings is 1. The number of hydrogen-bond acceptors (Lipinski definition) is 2. The second-order valence-corrected chi connectivity index (χ2v) is 5.93. The fourth-order valence-electron chi connectivity index (χ4n) is 1.83. The average Bonchev–Trinajstić information content (AvgIpc) is 2.86. The molecule has 0 radical (unpaired) electrons. The zero-order valence-electron chi connectivity index (χ0n) is 10.1. The lowest BCUT2D eigenvalue weighted by atomic mass is 10.1. The third-order valence-corrected chi connectivity index (χ3v) is 4.57. The van der Waals surface area contributed by atoms with Crippen LogP contribution in [-0.2, 0) is 6.54 Å². The van der Waals surface area contributed by atoms with Crippen molar-refractivity contribution in [3.8, 4) is 0 Å². The highest BCUT2D eigenvalue weighted by atomic mass is 79.9. The molecule has 2 rings (SSSR count). The van der Waals surface area contributed by atoms with E-state index in [1.54, 1.807) is 11.3 Å². The minimum atomic E-state index is -0.212. The maximum atomic E-state index is 13.0. The van der Waals surface area contributed by atoms with Crippen molar-refractivity contribution in [3.05, 3.63) is 56.4 Å². The van der Waals surface area contributed by atoms with E-state index in [9.17, 15) is 4.39 Å². The molecule has 0 bridgehead atoms. The molecule has 1 heterocycles. The molecule has 0 aliphatic carbocycles. The Morgan fingerprint density at radius 1 is 1.39 bits per heavy atom. The summed E-state index contributed by atoms with van der Waals surface area (Å²) in [6.45, 7) is 2.90. The first-order valence-corrected chi connectivity index (χ1v) is 7.58. The van der Waals surface area contributed by atoms with Crippen LogP contribution in [0.15, 0.2) is 40.2 Å². The molecule has 0 aliphatic rings. The Hall–Kier alpha value is -0.710. The summed E-state index contributed by atoms with van der Waals surface area (Å²) in [6.07, 6.45) is 1.04. The lowest BCUT2D eigenvalue weighted by molar-refractivity contribution is 0.525. The summed E-state index contributed by atoms with van der Waals surface area (Å²) in [7, 11) is 0. The van der Waals surface area contributed by atoms with Crippen LogP contribution in [0.1, 0.15) is 29.8 Å². The zero-order chi connectivity index (χ0) is 13.0. The van der Waals surface area contributed by atoms with Gasteiger partial charge in [0.2, 0.25) is 0 Å². The van der Waals surface area contributed by atoms with Gasteiger partial charge in [0.05, 0.1) is 0 Å². The Balaban J connectivity index is 2.02. The molecule has 1 unspecified atom stereocenters. The van der Waals surface area contributed by atoms with Crippen molar-refractivity contribution in [2.45, 2.75) is 25.9 Å². The Kier molecular flexibility index (Phi) is 4.92. The topological polar surface area (TPSA) is 12.0 Å². The summed E-state index contributed by atoms with van der Waals surface area (Å²) >= 11 is 5.15. The van der Waals surface area contributed by atoms with Crippen molar-refractivity contribution in [1.82, 2.24) is 5.32 Å². The zero-order valence-corrected chi connectivity index (χ0v) is 12.5. The van der Waals surface area contributed by atoms with Gasteiger partial charge in [-0.2, -0.15) is 0 Å². The first-order chi connectivity index (χ1) is 8.70. The molecule has 0 fully saturated rings. The smallest absolute Gasteiger partial charge is 0.124 e. The minimum absolute atomic E-state index is 0.212. The molecular formula is C14H15BrFNS. The van der Waals surface area contributed by atoms with Gasteiger partial charge in [-0.25, -0.2) is 4.39 Å². The van der Waals surface area contributed by atoms with Crippen molar-refractivity contribution >= 4 is 27.3 Å². The monoisotopic (exact) mass is 327 g/mol. The molecule has 1 N–H and O–H groups in total. The van der Waals surface area contributed by atoms with E-state index in [-0.39, 0.29) is 5.82 Å². The van der Waals surface area contributed by atoms with Crippen LogP contribution >= 0.6 is 27.3 Å². The maximum absolute atomic E-state index is 13.0. The number of rotatable bonds is 5. The van der Waals surface area contributed by atoms with Crippen LogP contribution in [0, 0.1) is 5.82 Å². The van der Waals surface area contributed by atoms with Gasteiger partial charge in [0.25, 0.3) is 0 Å². The lowest BCUT2D eigenvalue weighted by Crippen LogP contribution is -2.19. The number of hydrogen-bond donors (Lipinski definition) is 1. The Morgan fingerprint density at radius 3 is 2.83 bits per heavy atom. The summed E-state index contributed by atoms with van der Waals surface area (Å²) in [5, 5.41) is 5.60. The highest BCUT2D eigenvalue weighted by molar-refractivity contribution is 9.10. The average molecular weight is 328 g/mol. The summed E-state index contributed by atoms with van der Waals surface area (Å²) < 4.78 is 13.8. The van der Waals surface area contributed by atoms with Crippen LogP contribution in [0.2, 0.25) is 0 Å². The molecule has 1 aromatic carbocycles. The third kappa shape index (κ3) is 3.40. The molecule has 96 valence electrons. The lowest BCUT2D eigenvalue weighted by Gasteiger charge is -2.16. The van der Waals surface area contributed by atoms with E-state index < -0.39 is 0 Å². The standard InChI is InChI=1S/C14H15BrFNS/c1-2-13(14-4-3-7-18-14)17-9-10-5-6-11(16)8-12(10)15/h3-8,13,17H,2,9H2,1H3. The summed E-state index contributed by atoms with van der Waals surface area (Å²) in [6, 6.07) is 9.38. The predicted molar refractivity (Wildman–Crippen MR) is 78.3 cm³/mol. The number of nitrogens with one attached hydrogen (secondary N) is 1. The van der Waals surface area contributed by atoms with Crippen molar-refractivity contribution in [1.29, 1.82) is 0 Å². The quantitative estimate of drug-likeness (QED) is 0.824. The van der Waals surface area contributed by atoms with Gasteiger partial charge >= 0.3 is 0 Å². The Bertz CT molecular complexity index is 499. The van der Waals surface area contributed by atoms with E-state index in [2.05, 4.69) is 45.7 Å².